The van der Waals surface area contributed by atoms with Gasteiger partial charge in [0.2, 0.25) is 0 Å². The van der Waals surface area contributed by atoms with Gasteiger partial charge < -0.3 is 9.67 Å². The lowest BCUT2D eigenvalue weighted by Crippen LogP contribution is -2.23. The van der Waals surface area contributed by atoms with Crippen LogP contribution in [0.3, 0.4) is 0 Å². The molecule has 0 bridgehead atoms. The van der Waals surface area contributed by atoms with Crippen molar-refractivity contribution < 1.29 is 5.11 Å². The zero-order chi connectivity index (χ0) is 11.6. The number of nitrogens with zero attached hydrogens (tertiary/aromatic N) is 2. The molecule has 0 aliphatic rings. The standard InChI is InChI=1S/C10H19N3OS/c1-7(10(2,3)4)5-13-8(6-14)11-12-9(13)15/h7,14H,5-6H2,1-4H3,(H,12,15). The van der Waals surface area contributed by atoms with Crippen LogP contribution in [0, 0.1) is 16.1 Å². The lowest BCUT2D eigenvalue weighted by molar-refractivity contribution is 0.217. The number of nitrogens with one attached hydrogen (secondary N) is 1. The number of aromatic nitrogens is 3. The molecule has 5 heteroatoms. The SMILES string of the molecule is CC(Cn1c(CO)n[nH]c1=S)C(C)(C)C. The van der Waals surface area contributed by atoms with E-state index < -0.39 is 0 Å². The summed E-state index contributed by atoms with van der Waals surface area (Å²) in [6.45, 7) is 9.47. The van der Waals surface area contributed by atoms with Gasteiger partial charge in [-0.15, -0.1) is 0 Å². The maximum atomic E-state index is 9.10. The number of aliphatic hydroxyl groups is 1. The summed E-state index contributed by atoms with van der Waals surface area (Å²) in [5.74, 6) is 1.07. The zero-order valence-electron chi connectivity index (χ0n) is 9.74. The Balaban J connectivity index is 2.89. The third-order valence-electron chi connectivity index (χ3n) is 2.91. The van der Waals surface area contributed by atoms with E-state index in [-0.39, 0.29) is 12.0 Å². The van der Waals surface area contributed by atoms with Gasteiger partial charge in [-0.25, -0.2) is 0 Å². The van der Waals surface area contributed by atoms with Crippen molar-refractivity contribution in [3.63, 3.8) is 0 Å². The number of hydrogen-bond acceptors (Lipinski definition) is 3. The Morgan fingerprint density at radius 2 is 2.13 bits per heavy atom. The molecular weight excluding hydrogens is 210 g/mol. The maximum absolute atomic E-state index is 9.10. The summed E-state index contributed by atoms with van der Waals surface area (Å²) in [4.78, 5) is 0. The minimum Gasteiger partial charge on any atom is -0.388 e. The Morgan fingerprint density at radius 1 is 1.53 bits per heavy atom. The Hall–Kier alpha value is -0.680. The average Bonchev–Trinajstić information content (AvgIpc) is 2.46. The number of aliphatic hydroxyl groups excluding tert-OH is 1. The van der Waals surface area contributed by atoms with E-state index >= 15 is 0 Å². The number of H-pyrrole nitrogens is 1. The van der Waals surface area contributed by atoms with E-state index in [1.54, 1.807) is 0 Å². The van der Waals surface area contributed by atoms with Crippen molar-refractivity contribution in [3.8, 4) is 0 Å². The first-order valence-electron chi connectivity index (χ1n) is 5.11. The number of rotatable bonds is 3. The van der Waals surface area contributed by atoms with Crippen LogP contribution in [0.25, 0.3) is 0 Å². The van der Waals surface area contributed by atoms with Gasteiger partial charge in [-0.05, 0) is 23.6 Å². The van der Waals surface area contributed by atoms with Crippen LogP contribution < -0.4 is 0 Å². The Bertz CT molecular complexity index is 375. The van der Waals surface area contributed by atoms with Crippen LogP contribution in [0.1, 0.15) is 33.5 Å². The zero-order valence-corrected chi connectivity index (χ0v) is 10.6. The summed E-state index contributed by atoms with van der Waals surface area (Å²) in [7, 11) is 0. The van der Waals surface area contributed by atoms with E-state index in [1.807, 2.05) is 4.57 Å². The fourth-order valence-electron chi connectivity index (χ4n) is 1.21. The van der Waals surface area contributed by atoms with Gasteiger partial charge in [0.15, 0.2) is 10.6 Å². The molecule has 0 radical (unpaired) electrons. The first-order chi connectivity index (χ1) is 6.86. The lowest BCUT2D eigenvalue weighted by Gasteiger charge is -2.27. The molecule has 0 fully saturated rings. The first kappa shape index (κ1) is 12.4. The number of hydrogen-bond donors (Lipinski definition) is 2. The van der Waals surface area contributed by atoms with Gasteiger partial charge in [0.05, 0.1) is 0 Å². The summed E-state index contributed by atoms with van der Waals surface area (Å²) < 4.78 is 2.45. The van der Waals surface area contributed by atoms with E-state index in [0.717, 1.165) is 6.54 Å². The quantitative estimate of drug-likeness (QED) is 0.781. The minimum absolute atomic E-state index is 0.0794. The molecule has 0 aliphatic heterocycles. The van der Waals surface area contributed by atoms with Crippen LogP contribution in [-0.4, -0.2) is 19.9 Å². The second-order valence-corrected chi connectivity index (χ2v) is 5.37. The molecule has 4 nitrogen and oxygen atoms in total. The Morgan fingerprint density at radius 3 is 2.60 bits per heavy atom. The summed E-state index contributed by atoms with van der Waals surface area (Å²) in [6.07, 6.45) is 0. The summed E-state index contributed by atoms with van der Waals surface area (Å²) in [6, 6.07) is 0. The van der Waals surface area contributed by atoms with Gasteiger partial charge in [-0.3, -0.25) is 5.10 Å². The first-order valence-corrected chi connectivity index (χ1v) is 5.52. The fourth-order valence-corrected chi connectivity index (χ4v) is 1.43. The van der Waals surface area contributed by atoms with Crippen LogP contribution in [0.2, 0.25) is 0 Å². The fraction of sp³-hybridized carbons (Fsp3) is 0.800. The summed E-state index contributed by atoms with van der Waals surface area (Å²) in [5.41, 5.74) is 0.221. The molecule has 0 amide bonds. The molecule has 1 heterocycles. The van der Waals surface area contributed by atoms with E-state index in [1.165, 1.54) is 0 Å². The van der Waals surface area contributed by atoms with Gasteiger partial charge in [0.1, 0.15) is 6.61 Å². The molecule has 1 atom stereocenters. The maximum Gasteiger partial charge on any atom is 0.195 e. The molecule has 2 N–H and O–H groups in total. The van der Waals surface area contributed by atoms with E-state index in [2.05, 4.69) is 37.9 Å². The molecule has 1 aromatic rings. The molecule has 0 spiro atoms. The van der Waals surface area contributed by atoms with Gasteiger partial charge in [0.25, 0.3) is 0 Å². The van der Waals surface area contributed by atoms with E-state index in [4.69, 9.17) is 17.3 Å². The van der Waals surface area contributed by atoms with Crippen LogP contribution in [0.4, 0.5) is 0 Å². The highest BCUT2D eigenvalue weighted by Gasteiger charge is 2.21. The predicted molar refractivity (Wildman–Crippen MR) is 62.0 cm³/mol. The van der Waals surface area contributed by atoms with Crippen molar-refractivity contribution in [1.82, 2.24) is 14.8 Å². The van der Waals surface area contributed by atoms with Gasteiger partial charge in [0, 0.05) is 6.54 Å². The minimum atomic E-state index is -0.0794. The van der Waals surface area contributed by atoms with Crippen LogP contribution >= 0.6 is 12.2 Å². The molecule has 0 aromatic carbocycles. The van der Waals surface area contributed by atoms with Gasteiger partial charge >= 0.3 is 0 Å². The number of aromatic amines is 1. The summed E-state index contributed by atoms with van der Waals surface area (Å²) >= 11 is 5.11. The molecule has 1 rings (SSSR count). The lowest BCUT2D eigenvalue weighted by atomic mass is 9.82. The molecule has 1 aromatic heterocycles. The Kier molecular flexibility index (Phi) is 3.67. The molecule has 86 valence electrons. The van der Waals surface area contributed by atoms with Crippen LogP contribution in [0.5, 0.6) is 0 Å². The monoisotopic (exact) mass is 229 g/mol. The highest BCUT2D eigenvalue weighted by atomic mass is 32.1. The highest BCUT2D eigenvalue weighted by molar-refractivity contribution is 7.71. The van der Waals surface area contributed by atoms with Crippen molar-refractivity contribution in [1.29, 1.82) is 0 Å². The van der Waals surface area contributed by atoms with Crippen LogP contribution in [-0.2, 0) is 13.2 Å². The smallest absolute Gasteiger partial charge is 0.195 e. The average molecular weight is 229 g/mol. The van der Waals surface area contributed by atoms with Crippen molar-refractivity contribution in [2.45, 2.75) is 40.8 Å². The third-order valence-corrected chi connectivity index (χ3v) is 3.23. The largest absolute Gasteiger partial charge is 0.388 e. The van der Waals surface area contributed by atoms with Gasteiger partial charge in [-0.2, -0.15) is 5.10 Å². The second-order valence-electron chi connectivity index (χ2n) is 4.98. The van der Waals surface area contributed by atoms with Crippen molar-refractivity contribution in [2.75, 3.05) is 0 Å². The van der Waals surface area contributed by atoms with Crippen molar-refractivity contribution in [3.05, 3.63) is 10.6 Å². The van der Waals surface area contributed by atoms with Crippen molar-refractivity contribution >= 4 is 12.2 Å². The molecule has 1 unspecified atom stereocenters. The Labute approximate surface area is 95.3 Å². The normalized spacial score (nSPS) is 14.2. The third kappa shape index (κ3) is 2.89. The van der Waals surface area contributed by atoms with Crippen molar-refractivity contribution in [2.24, 2.45) is 11.3 Å². The molecular formula is C10H19N3OS. The second kappa shape index (κ2) is 4.45. The predicted octanol–water partition coefficient (Wildman–Crippen LogP) is 2.12. The molecule has 15 heavy (non-hydrogen) atoms. The molecule has 0 saturated heterocycles. The van der Waals surface area contributed by atoms with Gasteiger partial charge in [-0.1, -0.05) is 27.7 Å². The molecule has 0 saturated carbocycles. The topological polar surface area (TPSA) is 53.8 Å². The molecule has 0 aliphatic carbocycles. The van der Waals surface area contributed by atoms with E-state index in [9.17, 15) is 0 Å². The highest BCUT2D eigenvalue weighted by Crippen LogP contribution is 2.26. The van der Waals surface area contributed by atoms with E-state index in [0.29, 0.717) is 16.5 Å². The van der Waals surface area contributed by atoms with Crippen LogP contribution in [0.15, 0.2) is 0 Å². The summed E-state index contributed by atoms with van der Waals surface area (Å²) in [5, 5.41) is 15.8.